The van der Waals surface area contributed by atoms with Crippen LogP contribution in [0.5, 0.6) is 5.75 Å². The molecule has 2 aromatic rings. The zero-order valence-corrected chi connectivity index (χ0v) is 12.4. The van der Waals surface area contributed by atoms with Gasteiger partial charge in [-0.15, -0.1) is 0 Å². The fraction of sp³-hybridized carbons (Fsp3) is 0.200. The molecule has 0 saturated carbocycles. The van der Waals surface area contributed by atoms with Gasteiger partial charge in [0, 0.05) is 16.6 Å². The molecule has 0 radical (unpaired) electrons. The molecule has 100 valence electrons. The van der Waals surface area contributed by atoms with Gasteiger partial charge in [0.2, 0.25) is 0 Å². The van der Waals surface area contributed by atoms with Gasteiger partial charge in [-0.1, -0.05) is 22.0 Å². The number of aryl methyl sites for hydroxylation is 1. The Hall–Kier alpha value is -1.55. The lowest BCUT2D eigenvalue weighted by Crippen LogP contribution is -2.03. The van der Waals surface area contributed by atoms with Gasteiger partial charge in [0.1, 0.15) is 11.6 Å². The zero-order chi connectivity index (χ0) is 13.8. The number of halogens is 2. The topological polar surface area (TPSA) is 21.3 Å². The lowest BCUT2D eigenvalue weighted by Gasteiger charge is -2.12. The van der Waals surface area contributed by atoms with Gasteiger partial charge in [0.15, 0.2) is 0 Å². The molecule has 2 aromatic carbocycles. The second-order valence-corrected chi connectivity index (χ2v) is 5.21. The van der Waals surface area contributed by atoms with Crippen LogP contribution in [0.4, 0.5) is 10.1 Å². The first kappa shape index (κ1) is 13.9. The molecular weight excluding hydrogens is 309 g/mol. The molecule has 0 bridgehead atoms. The third-order valence-electron chi connectivity index (χ3n) is 2.83. The summed E-state index contributed by atoms with van der Waals surface area (Å²) in [5.41, 5.74) is 2.60. The van der Waals surface area contributed by atoms with E-state index in [1.165, 1.54) is 6.07 Å². The molecule has 2 rings (SSSR count). The van der Waals surface area contributed by atoms with Gasteiger partial charge in [-0.25, -0.2) is 4.39 Å². The molecule has 0 fully saturated rings. The average Bonchev–Trinajstić information content (AvgIpc) is 2.40. The van der Waals surface area contributed by atoms with E-state index >= 15 is 0 Å². The molecule has 0 aliphatic heterocycles. The fourth-order valence-corrected chi connectivity index (χ4v) is 2.24. The third kappa shape index (κ3) is 3.47. The van der Waals surface area contributed by atoms with Gasteiger partial charge in [-0.2, -0.15) is 0 Å². The Morgan fingerprint density at radius 2 is 2.00 bits per heavy atom. The summed E-state index contributed by atoms with van der Waals surface area (Å²) in [7, 11) is 1.62. The second kappa shape index (κ2) is 6.06. The van der Waals surface area contributed by atoms with Crippen LogP contribution in [0.1, 0.15) is 11.1 Å². The Morgan fingerprint density at radius 3 is 2.74 bits per heavy atom. The van der Waals surface area contributed by atoms with Crippen LogP contribution in [-0.2, 0) is 6.54 Å². The molecule has 0 atom stereocenters. The van der Waals surface area contributed by atoms with Crippen molar-refractivity contribution in [2.75, 3.05) is 12.4 Å². The molecule has 0 heterocycles. The van der Waals surface area contributed by atoms with Crippen molar-refractivity contribution in [2.24, 2.45) is 0 Å². The van der Waals surface area contributed by atoms with Crippen molar-refractivity contribution in [1.82, 2.24) is 0 Å². The van der Waals surface area contributed by atoms with Gasteiger partial charge >= 0.3 is 0 Å². The van der Waals surface area contributed by atoms with Crippen molar-refractivity contribution in [3.05, 3.63) is 57.8 Å². The molecular formula is C15H15BrFNO. The Balaban J connectivity index is 2.18. The highest BCUT2D eigenvalue weighted by atomic mass is 79.9. The molecule has 0 aliphatic rings. The number of ether oxygens (including phenoxy) is 1. The Morgan fingerprint density at radius 1 is 1.21 bits per heavy atom. The predicted molar refractivity (Wildman–Crippen MR) is 79.2 cm³/mol. The average molecular weight is 324 g/mol. The van der Waals surface area contributed by atoms with Crippen molar-refractivity contribution in [3.63, 3.8) is 0 Å². The summed E-state index contributed by atoms with van der Waals surface area (Å²) in [6.45, 7) is 2.41. The van der Waals surface area contributed by atoms with Crippen LogP contribution in [0, 0.1) is 12.7 Å². The van der Waals surface area contributed by atoms with Crippen LogP contribution < -0.4 is 10.1 Å². The molecule has 19 heavy (non-hydrogen) atoms. The molecule has 2 nitrogen and oxygen atoms in total. The van der Waals surface area contributed by atoms with Crippen LogP contribution in [0.2, 0.25) is 0 Å². The summed E-state index contributed by atoms with van der Waals surface area (Å²) in [6, 6.07) is 10.8. The van der Waals surface area contributed by atoms with Gasteiger partial charge in [0.05, 0.1) is 12.8 Å². The largest absolute Gasteiger partial charge is 0.495 e. The minimum Gasteiger partial charge on any atom is -0.495 e. The SMILES string of the molecule is COc1ccc(C)cc1NCc1cc(Br)ccc1F. The summed E-state index contributed by atoms with van der Waals surface area (Å²) in [4.78, 5) is 0. The Labute approximate surface area is 120 Å². The maximum atomic E-state index is 13.6. The van der Waals surface area contributed by atoms with E-state index < -0.39 is 0 Å². The van der Waals surface area contributed by atoms with E-state index in [-0.39, 0.29) is 5.82 Å². The van der Waals surface area contributed by atoms with Crippen molar-refractivity contribution in [2.45, 2.75) is 13.5 Å². The maximum Gasteiger partial charge on any atom is 0.141 e. The number of benzene rings is 2. The first-order valence-electron chi connectivity index (χ1n) is 5.92. The third-order valence-corrected chi connectivity index (χ3v) is 3.33. The summed E-state index contributed by atoms with van der Waals surface area (Å²) in [5, 5.41) is 3.20. The Bertz CT molecular complexity index is 586. The van der Waals surface area contributed by atoms with E-state index in [0.29, 0.717) is 12.1 Å². The van der Waals surface area contributed by atoms with E-state index in [2.05, 4.69) is 21.2 Å². The lowest BCUT2D eigenvalue weighted by atomic mass is 10.1. The highest BCUT2D eigenvalue weighted by Crippen LogP contribution is 2.26. The number of hydrogen-bond acceptors (Lipinski definition) is 2. The number of anilines is 1. The highest BCUT2D eigenvalue weighted by molar-refractivity contribution is 9.10. The van der Waals surface area contributed by atoms with Crippen molar-refractivity contribution in [3.8, 4) is 5.75 Å². The maximum absolute atomic E-state index is 13.6. The number of rotatable bonds is 4. The molecule has 0 aromatic heterocycles. The molecule has 1 N–H and O–H groups in total. The van der Waals surface area contributed by atoms with E-state index in [1.54, 1.807) is 19.2 Å². The monoisotopic (exact) mass is 323 g/mol. The molecule has 0 spiro atoms. The summed E-state index contributed by atoms with van der Waals surface area (Å²) >= 11 is 3.34. The lowest BCUT2D eigenvalue weighted by molar-refractivity contribution is 0.416. The summed E-state index contributed by atoms with van der Waals surface area (Å²) < 4.78 is 19.8. The molecule has 0 aliphatic carbocycles. The fourth-order valence-electron chi connectivity index (χ4n) is 1.83. The molecule has 4 heteroatoms. The van der Waals surface area contributed by atoms with Crippen molar-refractivity contribution in [1.29, 1.82) is 0 Å². The quantitative estimate of drug-likeness (QED) is 0.893. The van der Waals surface area contributed by atoms with E-state index in [0.717, 1.165) is 21.5 Å². The summed E-state index contributed by atoms with van der Waals surface area (Å²) in [6.07, 6.45) is 0. The normalized spacial score (nSPS) is 10.3. The molecule has 0 saturated heterocycles. The zero-order valence-electron chi connectivity index (χ0n) is 10.8. The van der Waals surface area contributed by atoms with E-state index in [4.69, 9.17) is 4.74 Å². The predicted octanol–water partition coefficient (Wildman–Crippen LogP) is 4.52. The van der Waals surface area contributed by atoms with Crippen molar-refractivity contribution >= 4 is 21.6 Å². The van der Waals surface area contributed by atoms with Crippen LogP contribution in [-0.4, -0.2) is 7.11 Å². The second-order valence-electron chi connectivity index (χ2n) is 4.29. The molecule has 0 amide bonds. The van der Waals surface area contributed by atoms with Crippen LogP contribution in [0.15, 0.2) is 40.9 Å². The van der Waals surface area contributed by atoms with Gasteiger partial charge in [0.25, 0.3) is 0 Å². The van der Waals surface area contributed by atoms with Gasteiger partial charge < -0.3 is 10.1 Å². The van der Waals surface area contributed by atoms with Crippen LogP contribution in [0.25, 0.3) is 0 Å². The van der Waals surface area contributed by atoms with E-state index in [1.807, 2.05) is 25.1 Å². The standard InChI is InChI=1S/C15H15BrFNO/c1-10-3-6-15(19-2)14(7-10)18-9-11-8-12(16)4-5-13(11)17/h3-8,18H,9H2,1-2H3. The minimum absolute atomic E-state index is 0.220. The van der Waals surface area contributed by atoms with E-state index in [9.17, 15) is 4.39 Å². The first-order chi connectivity index (χ1) is 9.10. The smallest absolute Gasteiger partial charge is 0.141 e. The number of hydrogen-bond donors (Lipinski definition) is 1. The van der Waals surface area contributed by atoms with Crippen LogP contribution in [0.3, 0.4) is 0 Å². The molecule has 0 unspecified atom stereocenters. The minimum atomic E-state index is -0.220. The highest BCUT2D eigenvalue weighted by Gasteiger charge is 2.06. The van der Waals surface area contributed by atoms with Crippen LogP contribution >= 0.6 is 15.9 Å². The van der Waals surface area contributed by atoms with Gasteiger partial charge in [-0.05, 0) is 42.8 Å². The Kier molecular flexibility index (Phi) is 4.43. The van der Waals surface area contributed by atoms with Gasteiger partial charge in [-0.3, -0.25) is 0 Å². The number of nitrogens with one attached hydrogen (secondary N) is 1. The number of methoxy groups -OCH3 is 1. The van der Waals surface area contributed by atoms with Crippen molar-refractivity contribution < 1.29 is 9.13 Å². The summed E-state index contributed by atoms with van der Waals surface area (Å²) in [5.74, 6) is 0.531. The first-order valence-corrected chi connectivity index (χ1v) is 6.72.